The number of hydrogen-bond acceptors (Lipinski definition) is 8. The Balaban J connectivity index is 1.31. The molecule has 2 aliphatic heterocycles. The number of oxazole rings is 1. The second-order valence-corrected chi connectivity index (χ2v) is 9.33. The minimum absolute atomic E-state index is 0.0150. The third-order valence-electron chi connectivity index (χ3n) is 6.92. The Morgan fingerprint density at radius 2 is 1.92 bits per heavy atom. The number of aliphatic hydroxyl groups excluding tert-OH is 1. The van der Waals surface area contributed by atoms with Crippen molar-refractivity contribution in [2.24, 2.45) is 5.73 Å². The highest BCUT2D eigenvalue weighted by atomic mass is 19.4. The maximum absolute atomic E-state index is 13.3. The molecule has 2 atom stereocenters. The lowest BCUT2D eigenvalue weighted by Gasteiger charge is -2.40. The summed E-state index contributed by atoms with van der Waals surface area (Å²) in [4.78, 5) is 12.9. The number of fused-ring (bicyclic) bond motifs is 4. The number of hydrogen-bond donors (Lipinski definition) is 3. The van der Waals surface area contributed by atoms with Crippen LogP contribution < -0.4 is 20.9 Å². The summed E-state index contributed by atoms with van der Waals surface area (Å²) >= 11 is 0. The molecule has 2 aliphatic rings. The van der Waals surface area contributed by atoms with E-state index < -0.39 is 18.1 Å². The van der Waals surface area contributed by atoms with Gasteiger partial charge in [0.2, 0.25) is 12.2 Å². The Kier molecular flexibility index (Phi) is 5.96. The monoisotopic (exact) mass is 522 g/mol. The first-order chi connectivity index (χ1) is 18.3. The van der Waals surface area contributed by atoms with Gasteiger partial charge in [-0.3, -0.25) is 0 Å². The fraction of sp³-hybridized carbons (Fsp3) is 0.259. The number of pyridine rings is 1. The van der Waals surface area contributed by atoms with Crippen LogP contribution in [0.4, 0.5) is 30.4 Å². The summed E-state index contributed by atoms with van der Waals surface area (Å²) in [7, 11) is 0. The molecule has 11 heteroatoms. The summed E-state index contributed by atoms with van der Waals surface area (Å²) in [6.07, 6.45) is -3.17. The molecular formula is C27H25F3N6O2. The Labute approximate surface area is 216 Å². The summed E-state index contributed by atoms with van der Waals surface area (Å²) in [5.41, 5.74) is 7.87. The van der Waals surface area contributed by atoms with Crippen molar-refractivity contribution < 1.29 is 22.7 Å². The molecule has 2 aromatic heterocycles. The van der Waals surface area contributed by atoms with Crippen molar-refractivity contribution in [2.75, 3.05) is 28.2 Å². The van der Waals surface area contributed by atoms with Gasteiger partial charge in [-0.25, -0.2) is 9.97 Å². The normalized spacial score (nSPS) is 17.4. The van der Waals surface area contributed by atoms with Crippen LogP contribution in [0.2, 0.25) is 0 Å². The van der Waals surface area contributed by atoms with E-state index in [0.717, 1.165) is 42.9 Å². The molecule has 0 saturated carbocycles. The Morgan fingerprint density at radius 1 is 1.11 bits per heavy atom. The van der Waals surface area contributed by atoms with Crippen LogP contribution in [0.3, 0.4) is 0 Å². The first kappa shape index (κ1) is 24.3. The Morgan fingerprint density at radius 3 is 2.71 bits per heavy atom. The van der Waals surface area contributed by atoms with Crippen LogP contribution in [0.1, 0.15) is 17.9 Å². The Hall–Kier alpha value is -4.09. The van der Waals surface area contributed by atoms with Crippen molar-refractivity contribution >= 4 is 17.2 Å². The van der Waals surface area contributed by atoms with E-state index in [0.29, 0.717) is 34.4 Å². The third-order valence-corrected chi connectivity index (χ3v) is 6.92. The molecule has 1 unspecified atom stereocenters. The van der Waals surface area contributed by atoms with Crippen molar-refractivity contribution in [2.45, 2.75) is 31.5 Å². The number of nitrogens with zero attached hydrogens (tertiary/aromatic N) is 4. The molecule has 2 aromatic carbocycles. The molecule has 8 nitrogen and oxygen atoms in total. The van der Waals surface area contributed by atoms with Gasteiger partial charge in [-0.1, -0.05) is 24.3 Å². The molecule has 0 spiro atoms. The maximum atomic E-state index is 13.3. The maximum Gasteiger partial charge on any atom is 0.416 e. The first-order valence-electron chi connectivity index (χ1n) is 12.2. The lowest BCUT2D eigenvalue weighted by molar-refractivity contribution is -0.137. The molecule has 1 fully saturated rings. The standard InChI is InChI=1S/C27H25F3N6O2/c28-27(29,30)18-5-1-3-16(11-18)21-7-8-22-25(34-21)36(20-9-10-35(22)15-20)26(37)33-19-6-2-4-17(12-19)23-14-32-24(13-31)38-23/h1-8,11-12,14,20,26,33,37H,9-10,13,15,31H2/t20-,26?/m0/s1. The van der Waals surface area contributed by atoms with E-state index in [1.807, 2.05) is 35.2 Å². The van der Waals surface area contributed by atoms with E-state index in [-0.39, 0.29) is 12.6 Å². The predicted octanol–water partition coefficient (Wildman–Crippen LogP) is 4.67. The molecule has 1 saturated heterocycles. The van der Waals surface area contributed by atoms with E-state index in [9.17, 15) is 18.3 Å². The fourth-order valence-electron chi connectivity index (χ4n) is 5.09. The number of anilines is 3. The van der Waals surface area contributed by atoms with Crippen LogP contribution in [-0.2, 0) is 12.7 Å². The number of nitrogens with two attached hydrogens (primary N) is 1. The van der Waals surface area contributed by atoms with E-state index in [1.165, 1.54) is 6.07 Å². The number of halogens is 3. The molecule has 0 radical (unpaired) electrons. The highest BCUT2D eigenvalue weighted by molar-refractivity contribution is 5.76. The number of alkyl halides is 3. The van der Waals surface area contributed by atoms with Gasteiger partial charge in [-0.15, -0.1) is 0 Å². The van der Waals surface area contributed by atoms with Crippen LogP contribution in [0.25, 0.3) is 22.6 Å². The van der Waals surface area contributed by atoms with Gasteiger partial charge in [0.15, 0.2) is 11.6 Å². The van der Waals surface area contributed by atoms with Crippen LogP contribution in [0.5, 0.6) is 0 Å². The number of nitrogens with one attached hydrogen (secondary N) is 1. The Bertz CT molecular complexity index is 1470. The molecular weight excluding hydrogens is 497 g/mol. The number of aliphatic hydroxyl groups is 1. The zero-order valence-electron chi connectivity index (χ0n) is 20.2. The van der Waals surface area contributed by atoms with Gasteiger partial charge in [-0.2, -0.15) is 13.2 Å². The van der Waals surface area contributed by atoms with E-state index >= 15 is 0 Å². The van der Waals surface area contributed by atoms with E-state index in [2.05, 4.69) is 15.2 Å². The zero-order valence-corrected chi connectivity index (χ0v) is 20.2. The zero-order chi connectivity index (χ0) is 26.4. The van der Waals surface area contributed by atoms with Crippen LogP contribution in [0, 0.1) is 0 Å². The van der Waals surface area contributed by atoms with Crippen molar-refractivity contribution in [1.82, 2.24) is 9.97 Å². The van der Waals surface area contributed by atoms with E-state index in [1.54, 1.807) is 18.3 Å². The SMILES string of the molecule is NCc1ncc(-c2cccc(NC(O)N3c4nc(-c5cccc(C(F)(F)F)c5)ccc4N4CC[C@H]3C4)c2)o1. The van der Waals surface area contributed by atoms with Gasteiger partial charge in [-0.05, 0) is 42.8 Å². The smallest absolute Gasteiger partial charge is 0.416 e. The van der Waals surface area contributed by atoms with Gasteiger partial charge in [0, 0.05) is 29.9 Å². The average molecular weight is 523 g/mol. The third kappa shape index (κ3) is 4.44. The van der Waals surface area contributed by atoms with Crippen molar-refractivity contribution in [3.05, 3.63) is 78.3 Å². The van der Waals surface area contributed by atoms with Gasteiger partial charge in [0.05, 0.1) is 35.7 Å². The largest absolute Gasteiger partial charge is 0.439 e. The average Bonchev–Trinajstić information content (AvgIpc) is 3.56. The lowest BCUT2D eigenvalue weighted by atomic mass is 10.1. The molecule has 38 heavy (non-hydrogen) atoms. The molecule has 0 aliphatic carbocycles. The summed E-state index contributed by atoms with van der Waals surface area (Å²) in [6.45, 7) is 1.71. The molecule has 4 N–H and O–H groups in total. The van der Waals surface area contributed by atoms with Gasteiger partial charge in [0.1, 0.15) is 0 Å². The summed E-state index contributed by atoms with van der Waals surface area (Å²) in [6, 6.07) is 16.0. The second-order valence-electron chi connectivity index (χ2n) is 9.33. The highest BCUT2D eigenvalue weighted by Gasteiger charge is 2.40. The number of aromatic nitrogens is 2. The molecule has 4 aromatic rings. The quantitative estimate of drug-likeness (QED) is 0.314. The second kappa shape index (κ2) is 9.34. The van der Waals surface area contributed by atoms with Gasteiger partial charge in [0.25, 0.3) is 0 Å². The minimum Gasteiger partial charge on any atom is -0.439 e. The molecule has 196 valence electrons. The van der Waals surface area contributed by atoms with Gasteiger partial charge >= 0.3 is 6.18 Å². The van der Waals surface area contributed by atoms with Gasteiger partial charge < -0.3 is 30.4 Å². The van der Waals surface area contributed by atoms with Crippen LogP contribution >= 0.6 is 0 Å². The fourth-order valence-corrected chi connectivity index (χ4v) is 5.09. The first-order valence-corrected chi connectivity index (χ1v) is 12.2. The lowest BCUT2D eigenvalue weighted by Crippen LogP contribution is -2.51. The molecule has 0 amide bonds. The van der Waals surface area contributed by atoms with Crippen molar-refractivity contribution in [3.63, 3.8) is 0 Å². The van der Waals surface area contributed by atoms with E-state index in [4.69, 9.17) is 15.1 Å². The van der Waals surface area contributed by atoms with Crippen molar-refractivity contribution in [1.29, 1.82) is 0 Å². The summed E-state index contributed by atoms with van der Waals surface area (Å²) < 4.78 is 45.6. The predicted molar refractivity (Wildman–Crippen MR) is 137 cm³/mol. The highest BCUT2D eigenvalue weighted by Crippen LogP contribution is 2.41. The summed E-state index contributed by atoms with van der Waals surface area (Å²) in [5.74, 6) is 1.51. The molecule has 6 rings (SSSR count). The number of benzene rings is 2. The molecule has 2 bridgehead atoms. The topological polar surface area (TPSA) is 104 Å². The number of rotatable bonds is 6. The minimum atomic E-state index is -4.45. The van der Waals surface area contributed by atoms with Crippen molar-refractivity contribution in [3.8, 4) is 22.6 Å². The molecule has 4 heterocycles. The summed E-state index contributed by atoms with van der Waals surface area (Å²) in [5, 5.41) is 14.5. The van der Waals surface area contributed by atoms with Crippen LogP contribution in [0.15, 0.2) is 71.3 Å². The van der Waals surface area contributed by atoms with Crippen LogP contribution in [-0.4, -0.2) is 40.6 Å².